The second-order valence-corrected chi connectivity index (χ2v) is 5.29. The molecule has 0 spiro atoms. The predicted octanol–water partition coefficient (Wildman–Crippen LogP) is 1.63. The number of aliphatic hydroxyl groups excluding tert-OH is 1. The van der Waals surface area contributed by atoms with Crippen molar-refractivity contribution in [3.63, 3.8) is 0 Å². The van der Waals surface area contributed by atoms with Gasteiger partial charge in [-0.3, -0.25) is 0 Å². The molecule has 2 N–H and O–H groups in total. The molecule has 2 nitrogen and oxygen atoms in total. The molecule has 1 aliphatic heterocycles. The smallest absolute Gasteiger partial charge is 0.0431 e. The minimum absolute atomic E-state index is 0.344. The van der Waals surface area contributed by atoms with Crippen LogP contribution >= 0.6 is 11.8 Å². The summed E-state index contributed by atoms with van der Waals surface area (Å²) in [5, 5.41) is 13.0. The van der Waals surface area contributed by atoms with Gasteiger partial charge in [-0.05, 0) is 32.2 Å². The molecule has 78 valence electrons. The topological polar surface area (TPSA) is 32.3 Å². The SMILES string of the molecule is CC1CC(NCCCCCO)CS1. The highest BCUT2D eigenvalue weighted by atomic mass is 32.2. The molecule has 2 atom stereocenters. The monoisotopic (exact) mass is 203 g/mol. The Morgan fingerprint density at radius 2 is 2.23 bits per heavy atom. The molecule has 1 fully saturated rings. The molecule has 0 aliphatic carbocycles. The maximum absolute atomic E-state index is 8.59. The van der Waals surface area contributed by atoms with E-state index in [9.17, 15) is 0 Å². The van der Waals surface area contributed by atoms with E-state index >= 15 is 0 Å². The Morgan fingerprint density at radius 1 is 1.38 bits per heavy atom. The largest absolute Gasteiger partial charge is 0.396 e. The van der Waals surface area contributed by atoms with Crippen LogP contribution < -0.4 is 5.32 Å². The van der Waals surface area contributed by atoms with Gasteiger partial charge in [0.25, 0.3) is 0 Å². The van der Waals surface area contributed by atoms with E-state index in [0.29, 0.717) is 6.61 Å². The van der Waals surface area contributed by atoms with Crippen LogP contribution in [0.4, 0.5) is 0 Å². The van der Waals surface area contributed by atoms with Crippen LogP contribution in [-0.2, 0) is 0 Å². The summed E-state index contributed by atoms with van der Waals surface area (Å²) >= 11 is 2.07. The van der Waals surface area contributed by atoms with Gasteiger partial charge in [0.2, 0.25) is 0 Å². The quantitative estimate of drug-likeness (QED) is 0.644. The molecule has 0 radical (unpaired) electrons. The molecule has 0 amide bonds. The van der Waals surface area contributed by atoms with E-state index in [0.717, 1.165) is 30.7 Å². The summed E-state index contributed by atoms with van der Waals surface area (Å²) in [5.41, 5.74) is 0. The zero-order valence-corrected chi connectivity index (χ0v) is 9.28. The van der Waals surface area contributed by atoms with Crippen molar-refractivity contribution in [2.45, 2.75) is 43.9 Å². The van der Waals surface area contributed by atoms with Crippen molar-refractivity contribution in [3.05, 3.63) is 0 Å². The standard InChI is InChI=1S/C10H21NOS/c1-9-7-10(8-13-9)11-5-3-2-4-6-12/h9-12H,2-8H2,1H3. The van der Waals surface area contributed by atoms with E-state index in [-0.39, 0.29) is 0 Å². The van der Waals surface area contributed by atoms with Crippen molar-refractivity contribution in [2.75, 3.05) is 18.9 Å². The second kappa shape index (κ2) is 6.68. The van der Waals surface area contributed by atoms with Gasteiger partial charge in [-0.25, -0.2) is 0 Å². The number of thioether (sulfide) groups is 1. The fraction of sp³-hybridized carbons (Fsp3) is 1.00. The summed E-state index contributed by atoms with van der Waals surface area (Å²) in [4.78, 5) is 0. The van der Waals surface area contributed by atoms with Crippen LogP contribution in [0.15, 0.2) is 0 Å². The van der Waals surface area contributed by atoms with Crippen LogP contribution in [-0.4, -0.2) is 35.3 Å². The molecular weight excluding hydrogens is 182 g/mol. The van der Waals surface area contributed by atoms with Crippen molar-refractivity contribution >= 4 is 11.8 Å². The Balaban J connectivity index is 1.88. The first-order chi connectivity index (χ1) is 6.33. The molecular formula is C10H21NOS. The molecule has 1 saturated heterocycles. The van der Waals surface area contributed by atoms with Gasteiger partial charge in [-0.2, -0.15) is 11.8 Å². The second-order valence-electron chi connectivity index (χ2n) is 3.81. The summed E-state index contributed by atoms with van der Waals surface area (Å²) in [5.74, 6) is 1.28. The highest BCUT2D eigenvalue weighted by molar-refractivity contribution is 8.00. The van der Waals surface area contributed by atoms with Gasteiger partial charge in [0.05, 0.1) is 0 Å². The summed E-state index contributed by atoms with van der Waals surface area (Å²) in [6.45, 7) is 3.77. The minimum Gasteiger partial charge on any atom is -0.396 e. The van der Waals surface area contributed by atoms with Crippen LogP contribution in [0.2, 0.25) is 0 Å². The molecule has 1 rings (SSSR count). The van der Waals surface area contributed by atoms with Crippen LogP contribution in [0.5, 0.6) is 0 Å². The van der Waals surface area contributed by atoms with E-state index < -0.39 is 0 Å². The first-order valence-corrected chi connectivity index (χ1v) is 6.33. The highest BCUT2D eigenvalue weighted by Crippen LogP contribution is 2.25. The summed E-state index contributed by atoms with van der Waals surface area (Å²) in [7, 11) is 0. The molecule has 1 heterocycles. The Kier molecular flexibility index (Phi) is 5.83. The zero-order chi connectivity index (χ0) is 9.52. The lowest BCUT2D eigenvalue weighted by Crippen LogP contribution is -2.29. The van der Waals surface area contributed by atoms with Gasteiger partial charge in [-0.1, -0.05) is 6.92 Å². The normalized spacial score (nSPS) is 28.2. The average molecular weight is 203 g/mol. The van der Waals surface area contributed by atoms with E-state index in [1.807, 2.05) is 0 Å². The summed E-state index contributed by atoms with van der Waals surface area (Å²) in [6.07, 6.45) is 4.64. The highest BCUT2D eigenvalue weighted by Gasteiger charge is 2.20. The van der Waals surface area contributed by atoms with Gasteiger partial charge in [0.1, 0.15) is 0 Å². The lowest BCUT2D eigenvalue weighted by atomic mass is 10.2. The number of hydrogen-bond donors (Lipinski definition) is 2. The van der Waals surface area contributed by atoms with Gasteiger partial charge in [0.15, 0.2) is 0 Å². The predicted molar refractivity (Wildman–Crippen MR) is 59.3 cm³/mol. The molecule has 13 heavy (non-hydrogen) atoms. The van der Waals surface area contributed by atoms with E-state index in [4.69, 9.17) is 5.11 Å². The summed E-state index contributed by atoms with van der Waals surface area (Å²) in [6, 6.07) is 0.745. The molecule has 0 bridgehead atoms. The molecule has 3 heteroatoms. The third-order valence-electron chi connectivity index (χ3n) is 2.47. The van der Waals surface area contributed by atoms with Gasteiger partial charge in [-0.15, -0.1) is 0 Å². The minimum atomic E-state index is 0.344. The third-order valence-corrected chi connectivity index (χ3v) is 3.82. The van der Waals surface area contributed by atoms with E-state index in [1.54, 1.807) is 0 Å². The fourth-order valence-corrected chi connectivity index (χ4v) is 2.86. The molecule has 0 saturated carbocycles. The Labute approximate surface area is 85.5 Å². The summed E-state index contributed by atoms with van der Waals surface area (Å²) < 4.78 is 0. The Bertz CT molecular complexity index is 132. The third kappa shape index (κ3) is 4.89. The van der Waals surface area contributed by atoms with E-state index in [1.165, 1.54) is 18.6 Å². The molecule has 1 aliphatic rings. The van der Waals surface area contributed by atoms with Crippen LogP contribution in [0, 0.1) is 0 Å². The van der Waals surface area contributed by atoms with Crippen molar-refractivity contribution in [1.82, 2.24) is 5.32 Å². The van der Waals surface area contributed by atoms with Crippen LogP contribution in [0.25, 0.3) is 0 Å². The maximum atomic E-state index is 8.59. The molecule has 0 aromatic carbocycles. The van der Waals surface area contributed by atoms with Crippen molar-refractivity contribution in [3.8, 4) is 0 Å². The Hall–Kier alpha value is 0.270. The Morgan fingerprint density at radius 3 is 2.85 bits per heavy atom. The van der Waals surface area contributed by atoms with Gasteiger partial charge in [0, 0.05) is 23.7 Å². The van der Waals surface area contributed by atoms with Gasteiger partial charge < -0.3 is 10.4 Å². The first kappa shape index (κ1) is 11.3. The lowest BCUT2D eigenvalue weighted by Gasteiger charge is -2.10. The van der Waals surface area contributed by atoms with Crippen molar-refractivity contribution in [1.29, 1.82) is 0 Å². The van der Waals surface area contributed by atoms with E-state index in [2.05, 4.69) is 24.0 Å². The van der Waals surface area contributed by atoms with Crippen molar-refractivity contribution in [2.24, 2.45) is 0 Å². The number of unbranched alkanes of at least 4 members (excludes halogenated alkanes) is 2. The number of rotatable bonds is 6. The number of aliphatic hydroxyl groups is 1. The zero-order valence-electron chi connectivity index (χ0n) is 8.46. The average Bonchev–Trinajstić information content (AvgIpc) is 2.51. The van der Waals surface area contributed by atoms with Crippen LogP contribution in [0.3, 0.4) is 0 Å². The number of nitrogens with one attached hydrogen (secondary N) is 1. The van der Waals surface area contributed by atoms with Gasteiger partial charge >= 0.3 is 0 Å². The van der Waals surface area contributed by atoms with Crippen LogP contribution in [0.1, 0.15) is 32.6 Å². The molecule has 0 aromatic rings. The molecule has 0 aromatic heterocycles. The van der Waals surface area contributed by atoms with Crippen molar-refractivity contribution < 1.29 is 5.11 Å². The fourth-order valence-electron chi connectivity index (χ4n) is 1.68. The number of hydrogen-bond acceptors (Lipinski definition) is 3. The maximum Gasteiger partial charge on any atom is 0.0431 e. The molecule has 2 unspecified atom stereocenters. The first-order valence-electron chi connectivity index (χ1n) is 5.28. The lowest BCUT2D eigenvalue weighted by molar-refractivity contribution is 0.282.